The van der Waals surface area contributed by atoms with Gasteiger partial charge in [0.05, 0.1) is 11.8 Å². The molecular weight excluding hydrogens is 622 g/mol. The topological polar surface area (TPSA) is 93.6 Å². The number of pyridine rings is 1. The summed E-state index contributed by atoms with van der Waals surface area (Å²) < 4.78 is 6.19. The summed E-state index contributed by atoms with van der Waals surface area (Å²) in [4.78, 5) is 44.2. The Balaban J connectivity index is 1.26. The van der Waals surface area contributed by atoms with Gasteiger partial charge in [-0.15, -0.1) is 0 Å². The van der Waals surface area contributed by atoms with Gasteiger partial charge in [0.1, 0.15) is 11.9 Å². The molecule has 1 aromatic rings. The van der Waals surface area contributed by atoms with Gasteiger partial charge in [0.2, 0.25) is 0 Å². The molecule has 278 valence electrons. The molecule has 6 rings (SSSR count). The average Bonchev–Trinajstić information content (AvgIpc) is 3.44. The molecule has 1 heterocycles. The number of aromatic nitrogens is 1. The highest BCUT2D eigenvalue weighted by Gasteiger charge is 2.72. The summed E-state index contributed by atoms with van der Waals surface area (Å²) in [6.07, 6.45) is 13.1. The number of nitrogens with zero attached hydrogens (tertiary/aromatic N) is 1. The van der Waals surface area contributed by atoms with Gasteiger partial charge in [-0.2, -0.15) is 0 Å². The molecular formula is C44H67NO5. The van der Waals surface area contributed by atoms with Crippen LogP contribution in [0.25, 0.3) is 0 Å². The molecule has 5 aliphatic carbocycles. The van der Waals surface area contributed by atoms with Crippen LogP contribution < -0.4 is 0 Å². The first-order chi connectivity index (χ1) is 23.2. The molecule has 6 heteroatoms. The first-order valence-electron chi connectivity index (χ1n) is 20.1. The summed E-state index contributed by atoms with van der Waals surface area (Å²) in [5, 5.41) is 9.61. The number of carbonyl (C=O) groups is 3. The largest absolute Gasteiger partial charge is 0.481 e. The Labute approximate surface area is 302 Å². The van der Waals surface area contributed by atoms with Crippen LogP contribution in [0.1, 0.15) is 158 Å². The van der Waals surface area contributed by atoms with Crippen LogP contribution in [0.4, 0.5) is 0 Å². The molecule has 0 aromatic carbocycles. The zero-order valence-corrected chi connectivity index (χ0v) is 32.9. The monoisotopic (exact) mass is 690 g/mol. The highest BCUT2D eigenvalue weighted by molar-refractivity contribution is 5.86. The number of rotatable bonds is 9. The lowest BCUT2D eigenvalue weighted by Gasteiger charge is -2.73. The van der Waals surface area contributed by atoms with E-state index in [4.69, 9.17) is 4.74 Å². The molecule has 0 radical (unpaired) electrons. The van der Waals surface area contributed by atoms with E-state index in [0.717, 1.165) is 44.2 Å². The highest BCUT2D eigenvalue weighted by Crippen LogP contribution is 2.78. The minimum Gasteiger partial charge on any atom is -0.481 e. The van der Waals surface area contributed by atoms with Crippen LogP contribution in [0.15, 0.2) is 24.4 Å². The van der Waals surface area contributed by atoms with E-state index in [9.17, 15) is 19.5 Å². The van der Waals surface area contributed by atoms with Gasteiger partial charge in [0.15, 0.2) is 0 Å². The number of fused-ring (bicyclic) bond motifs is 7. The van der Waals surface area contributed by atoms with Crippen LogP contribution in [0.3, 0.4) is 0 Å². The number of Topliss-reactive ketones (excluding diaryl/α,β-unsaturated/α-hetero) is 1. The molecule has 5 aliphatic rings. The Morgan fingerprint density at radius 3 is 2.24 bits per heavy atom. The van der Waals surface area contributed by atoms with Gasteiger partial charge in [-0.1, -0.05) is 61.5 Å². The molecule has 5 unspecified atom stereocenters. The summed E-state index contributed by atoms with van der Waals surface area (Å²) in [7, 11) is 0. The van der Waals surface area contributed by atoms with Crippen molar-refractivity contribution in [2.75, 3.05) is 0 Å². The number of hydrogen-bond donors (Lipinski definition) is 1. The Bertz CT molecular complexity index is 1470. The Morgan fingerprint density at radius 2 is 1.60 bits per heavy atom. The van der Waals surface area contributed by atoms with Crippen molar-refractivity contribution < 1.29 is 24.2 Å². The minimum atomic E-state index is -1.14. The van der Waals surface area contributed by atoms with Gasteiger partial charge in [-0.05, 0) is 142 Å². The standard InChI is InChI=1S/C44H67NO5/c1-27(2)29-16-21-44(34(46)25-28(3)31-13-11-12-24-45-31)23-22-42(9)30(37(29)44)14-15-33-41(8)19-18-35(50-36(47)26-39(4,5)38(48)49)40(6,7)32(41)17-20-43(33,42)10/h11-13,24,27-30,32-33,35,37H,14-23,25-26H2,1-10H3,(H,48,49)/t28-,29+,30?,32?,33?,35?,37?,41+,42-,43-,44-/m1/s1. The summed E-state index contributed by atoms with van der Waals surface area (Å²) in [6, 6.07) is 6.07. The number of carboxylic acid groups (broad SMARTS) is 1. The number of aliphatic carboxylic acids is 1. The van der Waals surface area contributed by atoms with Crippen molar-refractivity contribution in [2.24, 2.45) is 68.0 Å². The average molecular weight is 690 g/mol. The molecule has 0 saturated heterocycles. The number of ether oxygens (including phenoxy) is 1. The number of hydrogen-bond acceptors (Lipinski definition) is 5. The van der Waals surface area contributed by atoms with Crippen LogP contribution >= 0.6 is 0 Å². The highest BCUT2D eigenvalue weighted by atomic mass is 16.5. The fourth-order valence-corrected chi connectivity index (χ4v) is 13.9. The summed E-state index contributed by atoms with van der Waals surface area (Å²) >= 11 is 0. The van der Waals surface area contributed by atoms with Crippen molar-refractivity contribution in [1.82, 2.24) is 4.98 Å². The van der Waals surface area contributed by atoms with Crippen molar-refractivity contribution in [1.29, 1.82) is 0 Å². The third kappa shape index (κ3) is 5.62. The second-order valence-electron chi connectivity index (χ2n) is 20.3. The Morgan fingerprint density at radius 1 is 0.880 bits per heavy atom. The lowest BCUT2D eigenvalue weighted by molar-refractivity contribution is -0.250. The van der Waals surface area contributed by atoms with Gasteiger partial charge >= 0.3 is 11.9 Å². The van der Waals surface area contributed by atoms with Gasteiger partial charge in [-0.3, -0.25) is 19.4 Å². The molecule has 11 atom stereocenters. The van der Waals surface area contributed by atoms with Crippen LogP contribution in [0, 0.1) is 68.0 Å². The number of ketones is 1. The Hall–Kier alpha value is -2.24. The SMILES string of the molecule is CC(C)[C@@H]1CC[C@]2(C(=O)C[C@@H](C)c3ccccn3)CC[C@]3(C)C(CCC4[C@@]5(C)CCC(OC(=O)CC(C)(C)C(=O)O)C(C)(C)C5CC[C@]43C)C12. The third-order valence-electron chi connectivity index (χ3n) is 17.0. The maximum absolute atomic E-state index is 14.7. The smallest absolute Gasteiger partial charge is 0.309 e. The van der Waals surface area contributed by atoms with Crippen molar-refractivity contribution in [3.8, 4) is 0 Å². The predicted octanol–water partition coefficient (Wildman–Crippen LogP) is 10.3. The maximum atomic E-state index is 14.7. The lowest BCUT2D eigenvalue weighted by Crippen LogP contribution is -2.67. The molecule has 1 aromatic heterocycles. The number of esters is 1. The van der Waals surface area contributed by atoms with Crippen molar-refractivity contribution in [2.45, 2.75) is 158 Å². The number of carbonyl (C=O) groups excluding carboxylic acids is 2. The molecule has 6 nitrogen and oxygen atoms in total. The fourth-order valence-electron chi connectivity index (χ4n) is 13.9. The van der Waals surface area contributed by atoms with E-state index in [0.29, 0.717) is 47.7 Å². The van der Waals surface area contributed by atoms with Crippen LogP contribution in [0.5, 0.6) is 0 Å². The van der Waals surface area contributed by atoms with Crippen molar-refractivity contribution in [3.05, 3.63) is 30.1 Å². The number of carboxylic acids is 1. The van der Waals surface area contributed by atoms with Crippen LogP contribution in [-0.4, -0.2) is 33.9 Å². The summed E-state index contributed by atoms with van der Waals surface area (Å²) in [5.74, 6) is 2.48. The van der Waals surface area contributed by atoms with Crippen LogP contribution in [-0.2, 0) is 19.1 Å². The fraction of sp³-hybridized carbons (Fsp3) is 0.818. The quantitative estimate of drug-likeness (QED) is 0.259. The second-order valence-corrected chi connectivity index (χ2v) is 20.3. The molecule has 50 heavy (non-hydrogen) atoms. The lowest BCUT2D eigenvalue weighted by atomic mass is 9.32. The molecule has 0 aliphatic heterocycles. The van der Waals surface area contributed by atoms with Crippen molar-refractivity contribution >= 4 is 17.7 Å². The molecule has 0 bridgehead atoms. The van der Waals surface area contributed by atoms with E-state index in [1.54, 1.807) is 13.8 Å². The van der Waals surface area contributed by atoms with Gasteiger partial charge in [-0.25, -0.2) is 0 Å². The first kappa shape index (κ1) is 37.5. The van der Waals surface area contributed by atoms with E-state index in [1.807, 2.05) is 18.3 Å². The van der Waals surface area contributed by atoms with Gasteiger partial charge < -0.3 is 9.84 Å². The predicted molar refractivity (Wildman–Crippen MR) is 197 cm³/mol. The van der Waals surface area contributed by atoms with Gasteiger partial charge in [0.25, 0.3) is 0 Å². The second kappa shape index (κ2) is 12.7. The normalized spacial score (nSPS) is 41.3. The molecule has 1 N–H and O–H groups in total. The van der Waals surface area contributed by atoms with Crippen molar-refractivity contribution in [3.63, 3.8) is 0 Å². The van der Waals surface area contributed by atoms with E-state index in [2.05, 4.69) is 66.4 Å². The minimum absolute atomic E-state index is 0.109. The molecule has 5 fully saturated rings. The molecule has 0 spiro atoms. The van der Waals surface area contributed by atoms with E-state index >= 15 is 0 Å². The molecule has 0 amide bonds. The van der Waals surface area contributed by atoms with E-state index < -0.39 is 17.4 Å². The molecule has 5 saturated carbocycles. The third-order valence-corrected chi connectivity index (χ3v) is 17.0. The van der Waals surface area contributed by atoms with E-state index in [-0.39, 0.29) is 45.5 Å². The summed E-state index contributed by atoms with van der Waals surface area (Å²) in [5.41, 5.74) is 0.00258. The summed E-state index contributed by atoms with van der Waals surface area (Å²) in [6.45, 7) is 22.7. The van der Waals surface area contributed by atoms with Crippen LogP contribution in [0.2, 0.25) is 0 Å². The van der Waals surface area contributed by atoms with Gasteiger partial charge in [0, 0.05) is 35.1 Å². The zero-order valence-electron chi connectivity index (χ0n) is 32.9. The zero-order chi connectivity index (χ0) is 36.7. The first-order valence-corrected chi connectivity index (χ1v) is 20.1. The maximum Gasteiger partial charge on any atom is 0.309 e. The van der Waals surface area contributed by atoms with E-state index in [1.165, 1.54) is 25.7 Å². The Kier molecular flexibility index (Phi) is 9.54.